The quantitative estimate of drug-likeness (QED) is 0.813. The molecule has 1 fully saturated rings. The van der Waals surface area contributed by atoms with Crippen LogP contribution in [0.25, 0.3) is 0 Å². The molecule has 0 bridgehead atoms. The van der Waals surface area contributed by atoms with Crippen molar-refractivity contribution in [3.05, 3.63) is 48.3 Å². The summed E-state index contributed by atoms with van der Waals surface area (Å²) < 4.78 is 0. The third kappa shape index (κ3) is 4.30. The van der Waals surface area contributed by atoms with Crippen molar-refractivity contribution in [3.63, 3.8) is 0 Å². The van der Waals surface area contributed by atoms with Gasteiger partial charge in [0.1, 0.15) is 0 Å². The minimum Gasteiger partial charge on any atom is -0.366 e. The van der Waals surface area contributed by atoms with Gasteiger partial charge in [0.05, 0.1) is 17.8 Å². The molecule has 0 unspecified atom stereocenters. The van der Waals surface area contributed by atoms with E-state index in [9.17, 15) is 9.59 Å². The van der Waals surface area contributed by atoms with Crippen LogP contribution in [0, 0.1) is 0 Å². The first-order chi connectivity index (χ1) is 12.1. The molecule has 2 heterocycles. The van der Waals surface area contributed by atoms with Crippen molar-refractivity contribution in [1.82, 2.24) is 14.9 Å². The van der Waals surface area contributed by atoms with Crippen LogP contribution in [-0.2, 0) is 4.79 Å². The Hall–Kier alpha value is -3.00. The van der Waals surface area contributed by atoms with Crippen molar-refractivity contribution in [2.75, 3.05) is 42.9 Å². The maximum Gasteiger partial charge on any atom is 0.250 e. The molecular weight excluding hydrogens is 320 g/mol. The van der Waals surface area contributed by atoms with E-state index in [0.717, 1.165) is 26.2 Å². The summed E-state index contributed by atoms with van der Waals surface area (Å²) in [5.74, 6) is -0.0209. The molecule has 1 aromatic heterocycles. The molecule has 130 valence electrons. The lowest BCUT2D eigenvalue weighted by Crippen LogP contribution is -2.49. The van der Waals surface area contributed by atoms with Crippen LogP contribution in [0.5, 0.6) is 0 Å². The standard InChI is InChI=1S/C17H20N6O2/c18-16(25)13-4-1-2-5-14(13)21-15(24)12-22-8-10-23(11-9-22)17-19-6-3-7-20-17/h1-7H,8-12H2,(H2,18,25)(H,21,24). The summed E-state index contributed by atoms with van der Waals surface area (Å²) in [4.78, 5) is 36.3. The molecule has 0 atom stereocenters. The van der Waals surface area contributed by atoms with E-state index in [1.165, 1.54) is 0 Å². The lowest BCUT2D eigenvalue weighted by Gasteiger charge is -2.34. The van der Waals surface area contributed by atoms with Gasteiger partial charge in [-0.25, -0.2) is 9.97 Å². The summed E-state index contributed by atoms with van der Waals surface area (Å²) in [6.07, 6.45) is 3.44. The zero-order chi connectivity index (χ0) is 17.6. The van der Waals surface area contributed by atoms with Crippen molar-refractivity contribution in [2.45, 2.75) is 0 Å². The molecule has 25 heavy (non-hydrogen) atoms. The summed E-state index contributed by atoms with van der Waals surface area (Å²) in [5, 5.41) is 2.76. The smallest absolute Gasteiger partial charge is 0.250 e. The fraction of sp³-hybridized carbons (Fsp3) is 0.294. The monoisotopic (exact) mass is 340 g/mol. The Morgan fingerprint density at radius 1 is 1.04 bits per heavy atom. The number of piperazine rings is 1. The fourth-order valence-electron chi connectivity index (χ4n) is 2.76. The number of amides is 2. The molecule has 2 amide bonds. The van der Waals surface area contributed by atoms with Crippen molar-refractivity contribution in [2.24, 2.45) is 5.73 Å². The number of carbonyl (C=O) groups is 2. The van der Waals surface area contributed by atoms with Gasteiger partial charge in [-0.05, 0) is 18.2 Å². The molecule has 0 radical (unpaired) electrons. The zero-order valence-corrected chi connectivity index (χ0v) is 13.8. The number of rotatable bonds is 5. The van der Waals surface area contributed by atoms with Crippen LogP contribution in [0.2, 0.25) is 0 Å². The van der Waals surface area contributed by atoms with Crippen molar-refractivity contribution >= 4 is 23.5 Å². The molecule has 3 rings (SSSR count). The Morgan fingerprint density at radius 3 is 2.40 bits per heavy atom. The number of carbonyl (C=O) groups excluding carboxylic acids is 2. The molecule has 1 aliphatic rings. The van der Waals surface area contributed by atoms with Gasteiger partial charge in [-0.3, -0.25) is 14.5 Å². The Balaban J connectivity index is 1.52. The molecule has 2 aromatic rings. The lowest BCUT2D eigenvalue weighted by molar-refractivity contribution is -0.117. The summed E-state index contributed by atoms with van der Waals surface area (Å²) in [7, 11) is 0. The van der Waals surface area contributed by atoms with E-state index in [4.69, 9.17) is 5.73 Å². The molecule has 3 N–H and O–H groups in total. The minimum absolute atomic E-state index is 0.168. The van der Waals surface area contributed by atoms with E-state index in [-0.39, 0.29) is 12.5 Å². The number of nitrogens with zero attached hydrogens (tertiary/aromatic N) is 4. The molecule has 0 saturated carbocycles. The first-order valence-electron chi connectivity index (χ1n) is 8.06. The molecular formula is C17H20N6O2. The average molecular weight is 340 g/mol. The number of primary amides is 1. The topological polar surface area (TPSA) is 104 Å². The van der Waals surface area contributed by atoms with Gasteiger partial charge in [-0.1, -0.05) is 12.1 Å². The molecule has 0 spiro atoms. The predicted molar refractivity (Wildman–Crippen MR) is 94.3 cm³/mol. The maximum atomic E-state index is 12.3. The Labute approximate surface area is 145 Å². The first-order valence-corrected chi connectivity index (χ1v) is 8.06. The van der Waals surface area contributed by atoms with Crippen molar-refractivity contribution < 1.29 is 9.59 Å². The van der Waals surface area contributed by atoms with Gasteiger partial charge in [-0.2, -0.15) is 0 Å². The second-order valence-electron chi connectivity index (χ2n) is 5.77. The number of nitrogens with one attached hydrogen (secondary N) is 1. The third-order valence-electron chi connectivity index (χ3n) is 4.04. The van der Waals surface area contributed by atoms with Gasteiger partial charge in [0.25, 0.3) is 5.91 Å². The number of aromatic nitrogens is 2. The predicted octanol–water partition coefficient (Wildman–Crippen LogP) is 0.336. The fourth-order valence-corrected chi connectivity index (χ4v) is 2.76. The van der Waals surface area contributed by atoms with Gasteiger partial charge < -0.3 is 16.0 Å². The van der Waals surface area contributed by atoms with E-state index < -0.39 is 5.91 Å². The van der Waals surface area contributed by atoms with Gasteiger partial charge >= 0.3 is 0 Å². The Bertz CT molecular complexity index is 744. The second-order valence-corrected chi connectivity index (χ2v) is 5.77. The van der Waals surface area contributed by atoms with Crippen LogP contribution in [0.1, 0.15) is 10.4 Å². The van der Waals surface area contributed by atoms with E-state index in [2.05, 4.69) is 25.1 Å². The van der Waals surface area contributed by atoms with Gasteiger partial charge in [0.15, 0.2) is 0 Å². The highest BCUT2D eigenvalue weighted by Gasteiger charge is 2.21. The number of nitrogens with two attached hydrogens (primary N) is 1. The first kappa shape index (κ1) is 16.8. The zero-order valence-electron chi connectivity index (χ0n) is 13.8. The van der Waals surface area contributed by atoms with Crippen LogP contribution >= 0.6 is 0 Å². The molecule has 1 saturated heterocycles. The molecule has 0 aliphatic carbocycles. The van der Waals surface area contributed by atoms with Gasteiger partial charge in [-0.15, -0.1) is 0 Å². The molecule has 1 aliphatic heterocycles. The summed E-state index contributed by atoms with van der Waals surface area (Å²) in [5.41, 5.74) is 6.08. The van der Waals surface area contributed by atoms with E-state index in [0.29, 0.717) is 17.2 Å². The summed E-state index contributed by atoms with van der Waals surface area (Å²) in [6, 6.07) is 8.51. The molecule has 1 aromatic carbocycles. The van der Waals surface area contributed by atoms with E-state index >= 15 is 0 Å². The van der Waals surface area contributed by atoms with Crippen molar-refractivity contribution in [1.29, 1.82) is 0 Å². The lowest BCUT2D eigenvalue weighted by atomic mass is 10.1. The van der Waals surface area contributed by atoms with Crippen LogP contribution < -0.4 is 16.0 Å². The van der Waals surface area contributed by atoms with Crippen LogP contribution in [0.15, 0.2) is 42.7 Å². The molecule has 8 nitrogen and oxygen atoms in total. The summed E-state index contributed by atoms with van der Waals surface area (Å²) >= 11 is 0. The number of hydrogen-bond acceptors (Lipinski definition) is 6. The van der Waals surface area contributed by atoms with E-state index in [1.54, 1.807) is 42.7 Å². The highest BCUT2D eigenvalue weighted by Crippen LogP contribution is 2.14. The van der Waals surface area contributed by atoms with Crippen LogP contribution in [0.4, 0.5) is 11.6 Å². The van der Waals surface area contributed by atoms with E-state index in [1.807, 2.05) is 0 Å². The molecule has 8 heteroatoms. The third-order valence-corrected chi connectivity index (χ3v) is 4.04. The summed E-state index contributed by atoms with van der Waals surface area (Å²) in [6.45, 7) is 3.26. The number of hydrogen-bond donors (Lipinski definition) is 2. The van der Waals surface area contributed by atoms with Gasteiger partial charge in [0, 0.05) is 38.6 Å². The van der Waals surface area contributed by atoms with Gasteiger partial charge in [0.2, 0.25) is 11.9 Å². The SMILES string of the molecule is NC(=O)c1ccccc1NC(=O)CN1CCN(c2ncccn2)CC1. The highest BCUT2D eigenvalue weighted by atomic mass is 16.2. The number of anilines is 2. The van der Waals surface area contributed by atoms with Crippen LogP contribution in [-0.4, -0.2) is 59.4 Å². The Morgan fingerprint density at radius 2 is 1.72 bits per heavy atom. The largest absolute Gasteiger partial charge is 0.366 e. The normalized spacial score (nSPS) is 15.0. The number of benzene rings is 1. The average Bonchev–Trinajstić information content (AvgIpc) is 2.63. The Kier molecular flexibility index (Phi) is 5.20. The maximum absolute atomic E-state index is 12.3. The van der Waals surface area contributed by atoms with Crippen molar-refractivity contribution in [3.8, 4) is 0 Å². The van der Waals surface area contributed by atoms with Crippen LogP contribution in [0.3, 0.4) is 0 Å². The highest BCUT2D eigenvalue weighted by molar-refractivity contribution is 6.03. The number of para-hydroxylation sites is 1. The second kappa shape index (κ2) is 7.71. The minimum atomic E-state index is -0.563.